The average Bonchev–Trinajstić information content (AvgIpc) is 2.98. The van der Waals surface area contributed by atoms with Gasteiger partial charge in [-0.05, 0) is 23.8 Å². The molecule has 0 radical (unpaired) electrons. The van der Waals surface area contributed by atoms with Crippen LogP contribution >= 0.6 is 0 Å². The van der Waals surface area contributed by atoms with E-state index in [2.05, 4.69) is 10.9 Å². The van der Waals surface area contributed by atoms with E-state index in [9.17, 15) is 9.59 Å². The molecule has 0 bridgehead atoms. The number of hydrogen-bond donors (Lipinski definition) is 2. The van der Waals surface area contributed by atoms with Crippen LogP contribution in [0.1, 0.15) is 21.5 Å². The number of aromatic nitrogens is 1. The van der Waals surface area contributed by atoms with Crippen molar-refractivity contribution < 1.29 is 19.1 Å². The second-order valence-electron chi connectivity index (χ2n) is 8.44. The highest BCUT2D eigenvalue weighted by Crippen LogP contribution is 2.38. The topological polar surface area (TPSA) is 89.5 Å². The van der Waals surface area contributed by atoms with Gasteiger partial charge in [0.1, 0.15) is 12.3 Å². The average molecular weight is 504 g/mol. The Bertz CT molecular complexity index is 1590. The minimum Gasteiger partial charge on any atom is -0.494 e. The van der Waals surface area contributed by atoms with E-state index in [-0.39, 0.29) is 12.4 Å². The fraction of sp³-hybridized carbons (Fsp3) is 0.0645. The molecule has 5 rings (SSSR count). The van der Waals surface area contributed by atoms with Gasteiger partial charge >= 0.3 is 6.09 Å². The van der Waals surface area contributed by atoms with E-state index in [4.69, 9.17) is 14.5 Å². The number of para-hydroxylation sites is 2. The van der Waals surface area contributed by atoms with Crippen molar-refractivity contribution in [3.05, 3.63) is 126 Å². The normalized spacial score (nSPS) is 10.6. The molecule has 0 saturated carbocycles. The molecule has 0 aliphatic rings. The Hall–Kier alpha value is -5.17. The van der Waals surface area contributed by atoms with Gasteiger partial charge < -0.3 is 9.47 Å². The van der Waals surface area contributed by atoms with Crippen molar-refractivity contribution in [2.24, 2.45) is 0 Å². The van der Waals surface area contributed by atoms with Gasteiger partial charge in [-0.1, -0.05) is 91.0 Å². The third-order valence-corrected chi connectivity index (χ3v) is 6.01. The number of nitrogens with one attached hydrogen (secondary N) is 2. The van der Waals surface area contributed by atoms with E-state index in [0.29, 0.717) is 39.2 Å². The van der Waals surface area contributed by atoms with E-state index in [1.54, 1.807) is 24.3 Å². The minimum absolute atomic E-state index is 0.122. The van der Waals surface area contributed by atoms with Crippen LogP contribution in [0.25, 0.3) is 22.2 Å². The first kappa shape index (κ1) is 24.5. The molecule has 0 fully saturated rings. The summed E-state index contributed by atoms with van der Waals surface area (Å²) in [7, 11) is 1.53. The monoisotopic (exact) mass is 503 g/mol. The molecule has 7 heteroatoms. The van der Waals surface area contributed by atoms with Crippen LogP contribution in [0.4, 0.5) is 10.5 Å². The Balaban J connectivity index is 1.47. The number of rotatable bonds is 8. The molecule has 2 N–H and O–H groups in total. The zero-order valence-electron chi connectivity index (χ0n) is 20.7. The number of hydrazine groups is 1. The number of hydrogen-bond acceptors (Lipinski definition) is 6. The summed E-state index contributed by atoms with van der Waals surface area (Å²) < 4.78 is 11.1. The molecule has 1 heterocycles. The van der Waals surface area contributed by atoms with Crippen molar-refractivity contribution in [2.75, 3.05) is 12.5 Å². The van der Waals surface area contributed by atoms with Crippen LogP contribution < -0.4 is 15.6 Å². The summed E-state index contributed by atoms with van der Waals surface area (Å²) in [4.78, 5) is 31.2. The van der Waals surface area contributed by atoms with Crippen LogP contribution in [-0.4, -0.2) is 24.0 Å². The van der Waals surface area contributed by atoms with E-state index < -0.39 is 6.09 Å². The van der Waals surface area contributed by atoms with Gasteiger partial charge in [-0.2, -0.15) is 0 Å². The zero-order valence-corrected chi connectivity index (χ0v) is 20.7. The largest absolute Gasteiger partial charge is 0.494 e. The summed E-state index contributed by atoms with van der Waals surface area (Å²) in [5, 5.41) is 0.666. The van der Waals surface area contributed by atoms with Crippen molar-refractivity contribution in [1.82, 2.24) is 10.4 Å². The van der Waals surface area contributed by atoms with Crippen LogP contribution in [0.3, 0.4) is 0 Å². The maximum atomic E-state index is 14.1. The lowest BCUT2D eigenvalue weighted by Gasteiger charge is -2.17. The first-order valence-corrected chi connectivity index (χ1v) is 12.0. The Labute approximate surface area is 220 Å². The van der Waals surface area contributed by atoms with Gasteiger partial charge in [0.2, 0.25) is 0 Å². The van der Waals surface area contributed by atoms with Crippen molar-refractivity contribution in [3.8, 4) is 17.0 Å². The van der Waals surface area contributed by atoms with Crippen LogP contribution in [0.15, 0.2) is 109 Å². The molecule has 0 aliphatic carbocycles. The Morgan fingerprint density at radius 2 is 1.45 bits per heavy atom. The van der Waals surface area contributed by atoms with Gasteiger partial charge in [0, 0.05) is 16.5 Å². The second-order valence-corrected chi connectivity index (χ2v) is 8.44. The first-order valence-electron chi connectivity index (χ1n) is 12.0. The zero-order chi connectivity index (χ0) is 26.3. The van der Waals surface area contributed by atoms with Gasteiger partial charge in [-0.15, -0.1) is 0 Å². The highest BCUT2D eigenvalue weighted by molar-refractivity contribution is 6.21. The van der Waals surface area contributed by atoms with Crippen molar-refractivity contribution >= 4 is 28.5 Å². The van der Waals surface area contributed by atoms with E-state index in [1.807, 2.05) is 84.9 Å². The van der Waals surface area contributed by atoms with Crippen LogP contribution in [0.2, 0.25) is 0 Å². The quantitative estimate of drug-likeness (QED) is 0.188. The molecule has 0 unspecified atom stereocenters. The highest BCUT2D eigenvalue weighted by atomic mass is 16.6. The molecule has 188 valence electrons. The first-order chi connectivity index (χ1) is 18.7. The van der Waals surface area contributed by atoms with Crippen molar-refractivity contribution in [1.29, 1.82) is 0 Å². The van der Waals surface area contributed by atoms with E-state index in [0.717, 1.165) is 11.1 Å². The number of carbonyl (C=O) groups excluding carboxylic acids is 2. The number of anilines is 1. The Morgan fingerprint density at radius 1 is 0.789 bits per heavy atom. The number of ether oxygens (including phenoxy) is 2. The Kier molecular flexibility index (Phi) is 7.27. The molecule has 1 aromatic heterocycles. The molecule has 0 aliphatic heterocycles. The van der Waals surface area contributed by atoms with Crippen LogP contribution in [0, 0.1) is 0 Å². The predicted molar refractivity (Wildman–Crippen MR) is 147 cm³/mol. The van der Waals surface area contributed by atoms with Crippen molar-refractivity contribution in [3.63, 3.8) is 0 Å². The van der Waals surface area contributed by atoms with Crippen LogP contribution in [0.5, 0.6) is 5.75 Å². The Morgan fingerprint density at radius 3 is 2.21 bits per heavy atom. The van der Waals surface area contributed by atoms with E-state index in [1.165, 1.54) is 7.11 Å². The lowest BCUT2D eigenvalue weighted by Crippen LogP contribution is -2.30. The number of nitrogens with zero attached hydrogens (tertiary/aromatic N) is 1. The predicted octanol–water partition coefficient (Wildman–Crippen LogP) is 6.39. The molecular weight excluding hydrogens is 478 g/mol. The lowest BCUT2D eigenvalue weighted by atomic mass is 9.95. The number of ketones is 1. The molecule has 5 aromatic rings. The number of methoxy groups -OCH3 is 1. The summed E-state index contributed by atoms with van der Waals surface area (Å²) in [6.07, 6.45) is -0.672. The smallest absolute Gasteiger partial charge is 0.426 e. The maximum Gasteiger partial charge on any atom is 0.426 e. The third kappa shape index (κ3) is 5.17. The molecule has 38 heavy (non-hydrogen) atoms. The fourth-order valence-electron chi connectivity index (χ4n) is 4.21. The molecule has 4 aromatic carbocycles. The van der Waals surface area contributed by atoms with Crippen molar-refractivity contribution in [2.45, 2.75) is 6.61 Å². The SMILES string of the molecule is COc1c(-c2ccccc2)nc2ccccc2c1C(=O)c1ccccc1NNC(=O)OCc1ccccc1. The van der Waals surface area contributed by atoms with Gasteiger partial charge in [0.15, 0.2) is 11.5 Å². The number of amides is 1. The number of benzene rings is 4. The van der Waals surface area contributed by atoms with Gasteiger partial charge in [0.05, 0.1) is 23.9 Å². The summed E-state index contributed by atoms with van der Waals surface area (Å²) >= 11 is 0. The molecule has 0 saturated heterocycles. The van der Waals surface area contributed by atoms with E-state index >= 15 is 0 Å². The number of pyridine rings is 1. The maximum absolute atomic E-state index is 14.1. The number of fused-ring (bicyclic) bond motifs is 1. The molecule has 1 amide bonds. The number of carbonyl (C=O) groups is 2. The summed E-state index contributed by atoms with van der Waals surface area (Å²) in [5.74, 6) is 0.102. The highest BCUT2D eigenvalue weighted by Gasteiger charge is 2.25. The third-order valence-electron chi connectivity index (χ3n) is 6.01. The standard InChI is InChI=1S/C31H25N3O4/c1-37-30-27(23-16-8-10-18-25(23)32-28(30)22-14-6-3-7-15-22)29(35)24-17-9-11-19-26(24)33-34-31(36)38-20-21-12-4-2-5-13-21/h2-19,33H,20H2,1H3,(H,34,36). The molecule has 7 nitrogen and oxygen atoms in total. The van der Waals surface area contributed by atoms with Gasteiger partial charge in [0.25, 0.3) is 0 Å². The molecule has 0 atom stereocenters. The van der Waals surface area contributed by atoms with Gasteiger partial charge in [-0.3, -0.25) is 10.2 Å². The fourth-order valence-corrected chi connectivity index (χ4v) is 4.21. The summed E-state index contributed by atoms with van der Waals surface area (Å²) in [5.41, 5.74) is 9.43. The molecular formula is C31H25N3O4. The summed E-state index contributed by atoms with van der Waals surface area (Å²) in [6.45, 7) is 0.122. The van der Waals surface area contributed by atoms with Gasteiger partial charge in [-0.25, -0.2) is 15.2 Å². The minimum atomic E-state index is -0.672. The second kappa shape index (κ2) is 11.3. The molecule has 0 spiro atoms. The summed E-state index contributed by atoms with van der Waals surface area (Å²) in [6, 6.07) is 33.4. The van der Waals surface area contributed by atoms with Crippen LogP contribution in [-0.2, 0) is 11.3 Å². The lowest BCUT2D eigenvalue weighted by molar-refractivity contribution is 0.103.